The van der Waals surface area contributed by atoms with E-state index in [1.165, 1.54) is 4.88 Å². The van der Waals surface area contributed by atoms with E-state index in [9.17, 15) is 0 Å². The Labute approximate surface area is 137 Å². The lowest BCUT2D eigenvalue weighted by Crippen LogP contribution is -2.20. The molecule has 2 aromatic rings. The van der Waals surface area contributed by atoms with Crippen molar-refractivity contribution in [3.8, 4) is 17.2 Å². The molecule has 1 heterocycles. The van der Waals surface area contributed by atoms with E-state index in [1.807, 2.05) is 18.2 Å². The summed E-state index contributed by atoms with van der Waals surface area (Å²) in [6.45, 7) is 2.21. The number of rotatable bonds is 8. The predicted octanol–water partition coefficient (Wildman–Crippen LogP) is 3.70. The van der Waals surface area contributed by atoms with Crippen LogP contribution >= 0.6 is 27.3 Å². The zero-order chi connectivity index (χ0) is 15.1. The van der Waals surface area contributed by atoms with E-state index < -0.39 is 0 Å². The normalized spacial score (nSPS) is 10.4. The smallest absolute Gasteiger partial charge is 0.126 e. The van der Waals surface area contributed by atoms with Crippen molar-refractivity contribution < 1.29 is 14.2 Å². The van der Waals surface area contributed by atoms with Crippen molar-refractivity contribution >= 4 is 27.3 Å². The lowest BCUT2D eigenvalue weighted by atomic mass is 10.3. The zero-order valence-corrected chi connectivity index (χ0v) is 14.4. The van der Waals surface area contributed by atoms with Gasteiger partial charge in [-0.15, -0.1) is 11.3 Å². The number of nitrogens with one attached hydrogen (secondary N) is 1. The molecule has 21 heavy (non-hydrogen) atoms. The molecule has 1 aromatic heterocycles. The van der Waals surface area contributed by atoms with Crippen LogP contribution in [0.4, 0.5) is 0 Å². The van der Waals surface area contributed by atoms with E-state index in [4.69, 9.17) is 14.2 Å². The van der Waals surface area contributed by atoms with Gasteiger partial charge in [0.05, 0.1) is 14.2 Å². The van der Waals surface area contributed by atoms with Gasteiger partial charge in [0.1, 0.15) is 23.9 Å². The number of thiophene rings is 1. The molecule has 0 atom stereocenters. The van der Waals surface area contributed by atoms with Crippen LogP contribution < -0.4 is 19.5 Å². The summed E-state index contributed by atoms with van der Waals surface area (Å²) in [6.07, 6.45) is 0. The van der Waals surface area contributed by atoms with E-state index in [1.54, 1.807) is 25.6 Å². The molecular formula is C15H18BrNO3S. The molecule has 0 saturated carbocycles. The van der Waals surface area contributed by atoms with Gasteiger partial charge in [0.2, 0.25) is 0 Å². The Morgan fingerprint density at radius 2 is 1.71 bits per heavy atom. The van der Waals surface area contributed by atoms with Crippen LogP contribution in [0.3, 0.4) is 0 Å². The van der Waals surface area contributed by atoms with Crippen molar-refractivity contribution in [2.24, 2.45) is 0 Å². The van der Waals surface area contributed by atoms with Crippen LogP contribution in [0.5, 0.6) is 17.2 Å². The van der Waals surface area contributed by atoms with E-state index in [0.29, 0.717) is 6.61 Å². The van der Waals surface area contributed by atoms with Crippen molar-refractivity contribution in [1.29, 1.82) is 0 Å². The first-order chi connectivity index (χ1) is 10.2. The highest BCUT2D eigenvalue weighted by atomic mass is 79.9. The summed E-state index contributed by atoms with van der Waals surface area (Å²) < 4.78 is 17.2. The average molecular weight is 372 g/mol. The average Bonchev–Trinajstić information content (AvgIpc) is 2.92. The molecule has 0 unspecified atom stereocenters. The van der Waals surface area contributed by atoms with Crippen LogP contribution in [-0.4, -0.2) is 27.4 Å². The number of hydrogen-bond acceptors (Lipinski definition) is 5. The lowest BCUT2D eigenvalue weighted by Gasteiger charge is -2.10. The van der Waals surface area contributed by atoms with Crippen LogP contribution in [0.2, 0.25) is 0 Å². The molecule has 2 rings (SSSR count). The number of benzene rings is 1. The molecule has 0 aliphatic rings. The van der Waals surface area contributed by atoms with Gasteiger partial charge in [-0.1, -0.05) is 0 Å². The summed E-state index contributed by atoms with van der Waals surface area (Å²) in [4.78, 5) is 1.30. The summed E-state index contributed by atoms with van der Waals surface area (Å²) in [5, 5.41) is 5.42. The monoisotopic (exact) mass is 371 g/mol. The van der Waals surface area contributed by atoms with Crippen molar-refractivity contribution in [2.75, 3.05) is 27.4 Å². The number of halogens is 1. The third-order valence-electron chi connectivity index (χ3n) is 2.79. The summed E-state index contributed by atoms with van der Waals surface area (Å²) in [7, 11) is 3.25. The maximum atomic E-state index is 5.71. The Morgan fingerprint density at radius 3 is 2.29 bits per heavy atom. The van der Waals surface area contributed by atoms with Crippen molar-refractivity contribution in [3.05, 3.63) is 39.0 Å². The van der Waals surface area contributed by atoms with E-state index in [-0.39, 0.29) is 0 Å². The fraction of sp³-hybridized carbons (Fsp3) is 0.333. The van der Waals surface area contributed by atoms with Crippen LogP contribution in [0.1, 0.15) is 4.88 Å². The second-order valence-corrected chi connectivity index (χ2v) is 6.22. The van der Waals surface area contributed by atoms with Gasteiger partial charge in [-0.3, -0.25) is 0 Å². The lowest BCUT2D eigenvalue weighted by molar-refractivity contribution is 0.308. The SMILES string of the molecule is COc1cc(OC)cc(OCCNCc2cc(Br)cs2)c1. The van der Waals surface area contributed by atoms with Gasteiger partial charge >= 0.3 is 0 Å². The van der Waals surface area contributed by atoms with Crippen LogP contribution in [-0.2, 0) is 6.54 Å². The number of hydrogen-bond donors (Lipinski definition) is 1. The molecule has 0 spiro atoms. The van der Waals surface area contributed by atoms with Gasteiger partial charge in [0.15, 0.2) is 0 Å². The summed E-state index contributed by atoms with van der Waals surface area (Å²) in [6, 6.07) is 7.63. The first-order valence-corrected chi connectivity index (χ1v) is 8.18. The van der Waals surface area contributed by atoms with Gasteiger partial charge in [-0.2, -0.15) is 0 Å². The minimum Gasteiger partial charge on any atom is -0.496 e. The molecule has 114 valence electrons. The highest BCUT2D eigenvalue weighted by molar-refractivity contribution is 9.10. The Kier molecular flexibility index (Phi) is 6.35. The van der Waals surface area contributed by atoms with Crippen molar-refractivity contribution in [3.63, 3.8) is 0 Å². The summed E-state index contributed by atoms with van der Waals surface area (Å²) in [5.41, 5.74) is 0. The topological polar surface area (TPSA) is 39.7 Å². The van der Waals surface area contributed by atoms with Gasteiger partial charge in [0.25, 0.3) is 0 Å². The van der Waals surface area contributed by atoms with Gasteiger partial charge in [-0.25, -0.2) is 0 Å². The fourth-order valence-corrected chi connectivity index (χ4v) is 3.18. The quantitative estimate of drug-likeness (QED) is 0.718. The second kappa shape index (κ2) is 8.26. The van der Waals surface area contributed by atoms with E-state index in [2.05, 4.69) is 32.7 Å². The van der Waals surface area contributed by atoms with E-state index in [0.717, 1.165) is 34.8 Å². The third kappa shape index (κ3) is 5.22. The second-order valence-electron chi connectivity index (χ2n) is 4.30. The molecule has 1 aromatic carbocycles. The van der Waals surface area contributed by atoms with Crippen LogP contribution in [0.25, 0.3) is 0 Å². The molecule has 6 heteroatoms. The highest BCUT2D eigenvalue weighted by Crippen LogP contribution is 2.27. The molecule has 0 radical (unpaired) electrons. The third-order valence-corrected chi connectivity index (χ3v) is 4.49. The van der Waals surface area contributed by atoms with Crippen LogP contribution in [0, 0.1) is 0 Å². The first kappa shape index (κ1) is 16.1. The summed E-state index contributed by atoms with van der Waals surface area (Å²) >= 11 is 5.18. The van der Waals surface area contributed by atoms with Gasteiger partial charge in [-0.05, 0) is 22.0 Å². The molecule has 0 saturated heterocycles. The zero-order valence-electron chi connectivity index (χ0n) is 12.0. The molecular weight excluding hydrogens is 354 g/mol. The summed E-state index contributed by atoms with van der Waals surface area (Å²) in [5.74, 6) is 2.19. The standard InChI is InChI=1S/C15H18BrNO3S/c1-18-12-6-13(19-2)8-14(7-12)20-4-3-17-9-15-5-11(16)10-21-15/h5-8,10,17H,3-4,9H2,1-2H3. The van der Waals surface area contributed by atoms with Crippen molar-refractivity contribution in [2.45, 2.75) is 6.54 Å². The molecule has 0 bridgehead atoms. The minimum absolute atomic E-state index is 0.586. The molecule has 0 aliphatic heterocycles. The first-order valence-electron chi connectivity index (χ1n) is 6.51. The Morgan fingerprint density at radius 1 is 1.05 bits per heavy atom. The number of methoxy groups -OCH3 is 2. The van der Waals surface area contributed by atoms with Gasteiger partial charge in [0, 0.05) is 46.0 Å². The van der Waals surface area contributed by atoms with Gasteiger partial charge < -0.3 is 19.5 Å². The molecule has 0 fully saturated rings. The number of ether oxygens (including phenoxy) is 3. The maximum absolute atomic E-state index is 5.71. The highest BCUT2D eigenvalue weighted by Gasteiger charge is 2.03. The Bertz CT molecular complexity index is 552. The van der Waals surface area contributed by atoms with Crippen LogP contribution in [0.15, 0.2) is 34.1 Å². The fourth-order valence-electron chi connectivity index (χ4n) is 1.76. The Balaban J connectivity index is 1.75. The Hall–Kier alpha value is -1.24. The maximum Gasteiger partial charge on any atom is 0.126 e. The van der Waals surface area contributed by atoms with Crippen molar-refractivity contribution in [1.82, 2.24) is 5.32 Å². The molecule has 0 aliphatic carbocycles. The predicted molar refractivity (Wildman–Crippen MR) is 88.8 cm³/mol. The van der Waals surface area contributed by atoms with E-state index >= 15 is 0 Å². The molecule has 1 N–H and O–H groups in total. The molecule has 4 nitrogen and oxygen atoms in total. The molecule has 0 amide bonds. The minimum atomic E-state index is 0.586. The largest absolute Gasteiger partial charge is 0.496 e.